The van der Waals surface area contributed by atoms with Gasteiger partial charge in [-0.25, -0.2) is 0 Å². The van der Waals surface area contributed by atoms with Crippen LogP contribution in [0.2, 0.25) is 0 Å². The summed E-state index contributed by atoms with van der Waals surface area (Å²) in [7, 11) is 1.95. The highest BCUT2D eigenvalue weighted by Gasteiger charge is 2.10. The molecule has 0 saturated carbocycles. The van der Waals surface area contributed by atoms with Gasteiger partial charge in [0.05, 0.1) is 12.2 Å². The fourth-order valence-corrected chi connectivity index (χ4v) is 2.29. The number of hydrogen-bond acceptors (Lipinski definition) is 3. The first-order valence-corrected chi connectivity index (χ1v) is 6.96. The smallest absolute Gasteiger partial charge is 0.125 e. The van der Waals surface area contributed by atoms with Crippen LogP contribution >= 0.6 is 0 Å². The lowest BCUT2D eigenvalue weighted by atomic mass is 10.2. The van der Waals surface area contributed by atoms with E-state index in [2.05, 4.69) is 41.1 Å². The van der Waals surface area contributed by atoms with Gasteiger partial charge in [-0.2, -0.15) is 5.10 Å². The maximum absolute atomic E-state index is 5.81. The number of rotatable bonds is 6. The van der Waals surface area contributed by atoms with Gasteiger partial charge in [0.25, 0.3) is 0 Å². The van der Waals surface area contributed by atoms with Gasteiger partial charge in [0.2, 0.25) is 0 Å². The van der Waals surface area contributed by atoms with Gasteiger partial charge in [0, 0.05) is 17.8 Å². The fourth-order valence-electron chi connectivity index (χ4n) is 2.29. The summed E-state index contributed by atoms with van der Waals surface area (Å²) in [6.45, 7) is 7.86. The van der Waals surface area contributed by atoms with Crippen LogP contribution in [0.5, 0.6) is 0 Å². The molecule has 0 spiro atoms. The Kier molecular flexibility index (Phi) is 4.43. The summed E-state index contributed by atoms with van der Waals surface area (Å²) in [6, 6.07) is 4.31. The monoisotopic (exact) mass is 261 g/mol. The Morgan fingerprint density at radius 2 is 2.05 bits per heavy atom. The molecule has 0 unspecified atom stereocenters. The van der Waals surface area contributed by atoms with E-state index in [0.717, 1.165) is 36.6 Å². The summed E-state index contributed by atoms with van der Waals surface area (Å²) in [5.74, 6) is 1.97. The van der Waals surface area contributed by atoms with Crippen molar-refractivity contribution in [1.29, 1.82) is 0 Å². The first kappa shape index (κ1) is 13.9. The molecule has 2 aromatic heterocycles. The maximum Gasteiger partial charge on any atom is 0.125 e. The number of aryl methyl sites for hydroxylation is 3. The number of nitrogens with zero attached hydrogens (tertiary/aromatic N) is 2. The lowest BCUT2D eigenvalue weighted by Crippen LogP contribution is -2.06. The van der Waals surface area contributed by atoms with Crippen molar-refractivity contribution in [3.8, 4) is 0 Å². The molecule has 0 amide bonds. The van der Waals surface area contributed by atoms with E-state index in [9.17, 15) is 0 Å². The molecular formula is C15H23N3O. The highest BCUT2D eigenvalue weighted by Crippen LogP contribution is 2.17. The molecule has 0 radical (unpaired) electrons. The Hall–Kier alpha value is -1.55. The molecule has 104 valence electrons. The van der Waals surface area contributed by atoms with Crippen molar-refractivity contribution in [3.05, 3.63) is 40.6 Å². The fraction of sp³-hybridized carbons (Fsp3) is 0.533. The van der Waals surface area contributed by atoms with E-state index in [-0.39, 0.29) is 0 Å². The van der Waals surface area contributed by atoms with Crippen molar-refractivity contribution >= 4 is 0 Å². The van der Waals surface area contributed by atoms with Crippen LogP contribution in [-0.4, -0.2) is 16.8 Å². The Balaban J connectivity index is 2.20. The molecule has 0 atom stereocenters. The molecule has 0 aliphatic heterocycles. The molecule has 0 aromatic carbocycles. The SMILES string of the molecule is CCc1cc(CC)n(Cc2cc(CNC)c(C)o2)n1. The second kappa shape index (κ2) is 6.06. The Morgan fingerprint density at radius 3 is 2.68 bits per heavy atom. The van der Waals surface area contributed by atoms with Gasteiger partial charge < -0.3 is 9.73 Å². The molecule has 0 bridgehead atoms. The minimum Gasteiger partial charge on any atom is -0.464 e. The molecule has 2 aromatic rings. The zero-order chi connectivity index (χ0) is 13.8. The van der Waals surface area contributed by atoms with E-state index < -0.39 is 0 Å². The highest BCUT2D eigenvalue weighted by molar-refractivity contribution is 5.21. The van der Waals surface area contributed by atoms with Crippen LogP contribution in [0.15, 0.2) is 16.5 Å². The lowest BCUT2D eigenvalue weighted by Gasteiger charge is -2.02. The number of aromatic nitrogens is 2. The van der Waals surface area contributed by atoms with Crippen molar-refractivity contribution in [2.45, 2.75) is 46.7 Å². The van der Waals surface area contributed by atoms with Crippen LogP contribution in [0.4, 0.5) is 0 Å². The zero-order valence-electron chi connectivity index (χ0n) is 12.3. The second-order valence-electron chi connectivity index (χ2n) is 4.82. The summed E-state index contributed by atoms with van der Waals surface area (Å²) in [5, 5.41) is 7.78. The second-order valence-corrected chi connectivity index (χ2v) is 4.82. The predicted molar refractivity (Wildman–Crippen MR) is 76.3 cm³/mol. The van der Waals surface area contributed by atoms with E-state index in [4.69, 9.17) is 4.42 Å². The quantitative estimate of drug-likeness (QED) is 0.869. The van der Waals surface area contributed by atoms with E-state index in [1.165, 1.54) is 11.3 Å². The van der Waals surface area contributed by atoms with Crippen LogP contribution in [0, 0.1) is 6.92 Å². The Labute approximate surface area is 114 Å². The van der Waals surface area contributed by atoms with Gasteiger partial charge in [0.1, 0.15) is 11.5 Å². The molecule has 0 fully saturated rings. The molecular weight excluding hydrogens is 238 g/mol. The third-order valence-electron chi connectivity index (χ3n) is 3.38. The number of hydrogen-bond donors (Lipinski definition) is 1. The molecule has 4 nitrogen and oxygen atoms in total. The normalized spacial score (nSPS) is 11.2. The standard InChI is InChI=1S/C15H23N3O/c1-5-13-8-14(6-2)18(17-13)10-15-7-12(9-16-4)11(3)19-15/h7-8,16H,5-6,9-10H2,1-4H3. The molecule has 4 heteroatoms. The maximum atomic E-state index is 5.81. The minimum atomic E-state index is 0.716. The van der Waals surface area contributed by atoms with Gasteiger partial charge in [-0.05, 0) is 38.9 Å². The number of furan rings is 1. The largest absolute Gasteiger partial charge is 0.464 e. The summed E-state index contributed by atoms with van der Waals surface area (Å²) in [4.78, 5) is 0. The van der Waals surface area contributed by atoms with E-state index in [0.29, 0.717) is 6.54 Å². The van der Waals surface area contributed by atoms with Gasteiger partial charge in [0.15, 0.2) is 0 Å². The van der Waals surface area contributed by atoms with Crippen molar-refractivity contribution in [3.63, 3.8) is 0 Å². The first-order chi connectivity index (χ1) is 9.17. The van der Waals surface area contributed by atoms with Crippen LogP contribution < -0.4 is 5.32 Å². The zero-order valence-corrected chi connectivity index (χ0v) is 12.3. The third kappa shape index (κ3) is 3.07. The van der Waals surface area contributed by atoms with E-state index in [1.807, 2.05) is 14.0 Å². The highest BCUT2D eigenvalue weighted by atomic mass is 16.3. The van der Waals surface area contributed by atoms with Gasteiger partial charge >= 0.3 is 0 Å². The predicted octanol–water partition coefficient (Wildman–Crippen LogP) is 2.68. The van der Waals surface area contributed by atoms with Crippen molar-refractivity contribution < 1.29 is 4.42 Å². The first-order valence-electron chi connectivity index (χ1n) is 6.96. The Morgan fingerprint density at radius 1 is 1.26 bits per heavy atom. The molecule has 0 aliphatic carbocycles. The summed E-state index contributed by atoms with van der Waals surface area (Å²) in [5.41, 5.74) is 3.63. The topological polar surface area (TPSA) is 43.0 Å². The molecule has 2 heterocycles. The Bertz CT molecular complexity index is 540. The lowest BCUT2D eigenvalue weighted by molar-refractivity contribution is 0.451. The van der Waals surface area contributed by atoms with Crippen LogP contribution in [0.3, 0.4) is 0 Å². The van der Waals surface area contributed by atoms with Crippen molar-refractivity contribution in [2.24, 2.45) is 0 Å². The summed E-state index contributed by atoms with van der Waals surface area (Å²) < 4.78 is 7.87. The molecule has 1 N–H and O–H groups in total. The van der Waals surface area contributed by atoms with Crippen LogP contribution in [0.25, 0.3) is 0 Å². The van der Waals surface area contributed by atoms with Gasteiger partial charge in [-0.3, -0.25) is 4.68 Å². The van der Waals surface area contributed by atoms with Crippen LogP contribution in [0.1, 0.15) is 42.3 Å². The van der Waals surface area contributed by atoms with Crippen molar-refractivity contribution in [2.75, 3.05) is 7.05 Å². The molecule has 19 heavy (non-hydrogen) atoms. The molecule has 0 saturated heterocycles. The molecule has 2 rings (SSSR count). The summed E-state index contributed by atoms with van der Waals surface area (Å²) >= 11 is 0. The van der Waals surface area contributed by atoms with Crippen molar-refractivity contribution in [1.82, 2.24) is 15.1 Å². The molecule has 0 aliphatic rings. The summed E-state index contributed by atoms with van der Waals surface area (Å²) in [6.07, 6.45) is 1.97. The average Bonchev–Trinajstić information content (AvgIpc) is 2.94. The third-order valence-corrected chi connectivity index (χ3v) is 3.38. The van der Waals surface area contributed by atoms with Gasteiger partial charge in [-0.15, -0.1) is 0 Å². The van der Waals surface area contributed by atoms with Crippen LogP contribution in [-0.2, 0) is 25.9 Å². The van der Waals surface area contributed by atoms with E-state index in [1.54, 1.807) is 0 Å². The van der Waals surface area contributed by atoms with E-state index >= 15 is 0 Å². The average molecular weight is 261 g/mol. The number of nitrogens with one attached hydrogen (secondary N) is 1. The van der Waals surface area contributed by atoms with Gasteiger partial charge in [-0.1, -0.05) is 13.8 Å². The minimum absolute atomic E-state index is 0.716.